The molecule has 0 unspecified atom stereocenters. The molecule has 0 fully saturated rings. The maximum atomic E-state index is 5.67. The average molecular weight is 339 g/mol. The van der Waals surface area contributed by atoms with Gasteiger partial charge in [-0.25, -0.2) is 9.97 Å². The zero-order valence-corrected chi connectivity index (χ0v) is 9.57. The summed E-state index contributed by atoms with van der Waals surface area (Å²) in [6.45, 7) is 0. The quantitative estimate of drug-likeness (QED) is 0.743. The number of imidazole rings is 1. The number of hydrogen-bond donors (Lipinski definition) is 1. The van der Waals surface area contributed by atoms with E-state index in [9.17, 15) is 0 Å². The summed E-state index contributed by atoms with van der Waals surface area (Å²) in [5, 5.41) is 0. The summed E-state index contributed by atoms with van der Waals surface area (Å²) in [4.78, 5) is 8.17. The van der Waals surface area contributed by atoms with E-state index >= 15 is 0 Å². The van der Waals surface area contributed by atoms with Crippen molar-refractivity contribution < 1.29 is 0 Å². The molecule has 0 aliphatic rings. The van der Waals surface area contributed by atoms with E-state index in [0.29, 0.717) is 5.82 Å². The number of nitrogen functional groups attached to an aromatic ring is 1. The summed E-state index contributed by atoms with van der Waals surface area (Å²) < 4.78 is 3.45. The molecule has 0 saturated heterocycles. The Labute approximate surface area is 90.5 Å². The normalized spacial score (nSPS) is 10.8. The Morgan fingerprint density at radius 1 is 1.58 bits per heavy atom. The minimum atomic E-state index is 0.500. The third kappa shape index (κ3) is 1.09. The predicted molar refractivity (Wildman–Crippen MR) is 57.8 cm³/mol. The lowest BCUT2D eigenvalue weighted by molar-refractivity contribution is 1.08. The van der Waals surface area contributed by atoms with Gasteiger partial charge in [0.25, 0.3) is 0 Å². The van der Waals surface area contributed by atoms with E-state index in [1.54, 1.807) is 6.20 Å². The summed E-state index contributed by atoms with van der Waals surface area (Å²) >= 11 is 5.44. The van der Waals surface area contributed by atoms with Gasteiger partial charge in [0.15, 0.2) is 10.6 Å². The van der Waals surface area contributed by atoms with Crippen molar-refractivity contribution in [2.24, 2.45) is 0 Å². The van der Waals surface area contributed by atoms with Crippen LogP contribution in [0.3, 0.4) is 0 Å². The smallest absolute Gasteiger partial charge is 0.182 e. The van der Waals surface area contributed by atoms with Crippen LogP contribution in [0.4, 0.5) is 5.82 Å². The van der Waals surface area contributed by atoms with Gasteiger partial charge in [-0.15, -0.1) is 0 Å². The van der Waals surface area contributed by atoms with Crippen molar-refractivity contribution in [1.29, 1.82) is 0 Å². The third-order valence-electron chi connectivity index (χ3n) is 1.50. The van der Waals surface area contributed by atoms with Gasteiger partial charge in [0.1, 0.15) is 9.22 Å². The number of aromatic nitrogens is 3. The molecular formula is C6H4BrIN4. The van der Waals surface area contributed by atoms with E-state index in [1.807, 2.05) is 10.6 Å². The van der Waals surface area contributed by atoms with E-state index in [2.05, 4.69) is 48.5 Å². The SMILES string of the molecule is Nc1nccn2c(Br)nc(I)c12. The van der Waals surface area contributed by atoms with Crippen LogP contribution < -0.4 is 5.73 Å². The van der Waals surface area contributed by atoms with Crippen LogP contribution in [-0.2, 0) is 0 Å². The van der Waals surface area contributed by atoms with E-state index in [1.165, 1.54) is 0 Å². The third-order valence-corrected chi connectivity index (χ3v) is 2.81. The Kier molecular flexibility index (Phi) is 1.95. The van der Waals surface area contributed by atoms with Crippen LogP contribution >= 0.6 is 38.5 Å². The van der Waals surface area contributed by atoms with Crippen molar-refractivity contribution in [3.05, 3.63) is 20.8 Å². The lowest BCUT2D eigenvalue weighted by Crippen LogP contribution is -1.95. The molecule has 0 aromatic carbocycles. The fraction of sp³-hybridized carbons (Fsp3) is 0. The van der Waals surface area contributed by atoms with Gasteiger partial charge in [-0.3, -0.25) is 4.40 Å². The fourth-order valence-electron chi connectivity index (χ4n) is 0.986. The first kappa shape index (κ1) is 8.24. The molecule has 0 amide bonds. The van der Waals surface area contributed by atoms with Crippen LogP contribution in [0.25, 0.3) is 5.52 Å². The zero-order chi connectivity index (χ0) is 8.72. The van der Waals surface area contributed by atoms with Crippen LogP contribution in [0.5, 0.6) is 0 Å². The first-order valence-corrected chi connectivity index (χ1v) is 5.01. The van der Waals surface area contributed by atoms with Gasteiger partial charge in [-0.05, 0) is 38.5 Å². The Balaban J connectivity index is 2.99. The Bertz CT molecular complexity index is 438. The maximum absolute atomic E-state index is 5.67. The van der Waals surface area contributed by atoms with E-state index in [0.717, 1.165) is 14.0 Å². The molecule has 0 atom stereocenters. The van der Waals surface area contributed by atoms with Gasteiger partial charge in [-0.2, -0.15) is 0 Å². The lowest BCUT2D eigenvalue weighted by atomic mass is 10.5. The average Bonchev–Trinajstić information content (AvgIpc) is 2.29. The summed E-state index contributed by atoms with van der Waals surface area (Å²) in [6.07, 6.45) is 3.45. The van der Waals surface area contributed by atoms with Crippen molar-refractivity contribution in [2.75, 3.05) is 5.73 Å². The van der Waals surface area contributed by atoms with Crippen molar-refractivity contribution in [3.8, 4) is 0 Å². The molecule has 2 N–H and O–H groups in total. The summed E-state index contributed by atoms with van der Waals surface area (Å²) in [7, 11) is 0. The van der Waals surface area contributed by atoms with Gasteiger partial charge >= 0.3 is 0 Å². The van der Waals surface area contributed by atoms with Crippen LogP contribution in [0.1, 0.15) is 0 Å². The topological polar surface area (TPSA) is 56.2 Å². The minimum absolute atomic E-state index is 0.500. The van der Waals surface area contributed by atoms with Gasteiger partial charge in [-0.1, -0.05) is 0 Å². The van der Waals surface area contributed by atoms with Crippen LogP contribution in [0.2, 0.25) is 0 Å². The molecule has 2 rings (SSSR count). The van der Waals surface area contributed by atoms with E-state index < -0.39 is 0 Å². The molecule has 0 aliphatic carbocycles. The van der Waals surface area contributed by atoms with Crippen molar-refractivity contribution in [3.63, 3.8) is 0 Å². The minimum Gasteiger partial charge on any atom is -0.382 e. The highest BCUT2D eigenvalue weighted by atomic mass is 127. The summed E-state index contributed by atoms with van der Waals surface area (Å²) in [5.41, 5.74) is 6.52. The molecular weight excluding hydrogens is 335 g/mol. The monoisotopic (exact) mass is 338 g/mol. The Hall–Kier alpha value is -0.370. The van der Waals surface area contributed by atoms with E-state index in [4.69, 9.17) is 5.73 Å². The zero-order valence-electron chi connectivity index (χ0n) is 5.83. The number of hydrogen-bond acceptors (Lipinski definition) is 3. The van der Waals surface area contributed by atoms with Crippen molar-refractivity contribution in [2.45, 2.75) is 0 Å². The fourth-order valence-corrected chi connectivity index (χ4v) is 2.56. The number of rotatable bonds is 0. The maximum Gasteiger partial charge on any atom is 0.182 e. The van der Waals surface area contributed by atoms with Gasteiger partial charge in [0.05, 0.1) is 0 Å². The lowest BCUT2D eigenvalue weighted by Gasteiger charge is -1.96. The molecule has 0 saturated carbocycles. The van der Waals surface area contributed by atoms with Gasteiger partial charge in [0.2, 0.25) is 0 Å². The standard InChI is InChI=1S/C6H4BrIN4/c7-6-11-4(8)3-5(9)10-1-2-12(3)6/h1-2H,(H2,9,10). The highest BCUT2D eigenvalue weighted by molar-refractivity contribution is 14.1. The predicted octanol–water partition coefficient (Wildman–Crippen LogP) is 1.68. The first-order chi connectivity index (χ1) is 5.70. The molecule has 0 radical (unpaired) electrons. The van der Waals surface area contributed by atoms with Crippen LogP contribution in [-0.4, -0.2) is 14.4 Å². The second-order valence-electron chi connectivity index (χ2n) is 2.20. The molecule has 4 nitrogen and oxygen atoms in total. The molecule has 2 heterocycles. The Morgan fingerprint density at radius 2 is 2.33 bits per heavy atom. The first-order valence-electron chi connectivity index (χ1n) is 3.13. The highest BCUT2D eigenvalue weighted by Gasteiger charge is 2.08. The van der Waals surface area contributed by atoms with Crippen LogP contribution in [0.15, 0.2) is 17.1 Å². The molecule has 6 heteroatoms. The highest BCUT2D eigenvalue weighted by Crippen LogP contribution is 2.21. The van der Waals surface area contributed by atoms with Crippen LogP contribution in [0, 0.1) is 3.70 Å². The number of nitrogens with two attached hydrogens (primary N) is 1. The number of nitrogens with zero attached hydrogens (tertiary/aromatic N) is 3. The number of halogens is 2. The van der Waals surface area contributed by atoms with Crippen molar-refractivity contribution in [1.82, 2.24) is 14.4 Å². The largest absolute Gasteiger partial charge is 0.382 e. The summed E-state index contributed by atoms with van der Waals surface area (Å²) in [6, 6.07) is 0. The van der Waals surface area contributed by atoms with Crippen molar-refractivity contribution >= 4 is 49.9 Å². The molecule has 0 aliphatic heterocycles. The Morgan fingerprint density at radius 3 is 3.00 bits per heavy atom. The summed E-state index contributed by atoms with van der Waals surface area (Å²) in [5.74, 6) is 0.500. The molecule has 2 aromatic rings. The van der Waals surface area contributed by atoms with Gasteiger partial charge in [0, 0.05) is 12.4 Å². The second kappa shape index (κ2) is 2.84. The number of anilines is 1. The molecule has 0 spiro atoms. The number of fused-ring (bicyclic) bond motifs is 1. The molecule has 62 valence electrons. The molecule has 2 aromatic heterocycles. The second-order valence-corrected chi connectivity index (χ2v) is 3.93. The van der Waals surface area contributed by atoms with Gasteiger partial charge < -0.3 is 5.73 Å². The molecule has 12 heavy (non-hydrogen) atoms. The molecule has 0 bridgehead atoms. The van der Waals surface area contributed by atoms with E-state index in [-0.39, 0.29) is 0 Å².